The van der Waals surface area contributed by atoms with E-state index in [-0.39, 0.29) is 0 Å². The van der Waals surface area contributed by atoms with Gasteiger partial charge in [0.1, 0.15) is 5.75 Å². The lowest BCUT2D eigenvalue weighted by molar-refractivity contribution is 0.00274. The molecule has 1 saturated carbocycles. The Hall–Kier alpha value is -1.02. The second-order valence-electron chi connectivity index (χ2n) is 7.03. The Labute approximate surface area is 122 Å². The van der Waals surface area contributed by atoms with Gasteiger partial charge in [-0.2, -0.15) is 0 Å². The second kappa shape index (κ2) is 4.49. The SMILES string of the molecule is COc1ccc2c(c1)C13CCCC[C@H]1[C@@H](C2)N(C)CC3. The minimum atomic E-state index is 0.456. The molecule has 1 aliphatic heterocycles. The first kappa shape index (κ1) is 12.7. The van der Waals surface area contributed by atoms with Crippen molar-refractivity contribution in [2.45, 2.75) is 50.0 Å². The molecule has 2 heteroatoms. The summed E-state index contributed by atoms with van der Waals surface area (Å²) in [5.41, 5.74) is 3.67. The molecule has 1 saturated heterocycles. The number of hydrogen-bond acceptors (Lipinski definition) is 2. The van der Waals surface area contributed by atoms with Crippen LogP contribution in [0.1, 0.15) is 43.2 Å². The molecule has 0 amide bonds. The Kier molecular flexibility index (Phi) is 2.85. The monoisotopic (exact) mass is 271 g/mol. The van der Waals surface area contributed by atoms with E-state index in [1.807, 2.05) is 0 Å². The average Bonchev–Trinajstić information content (AvgIpc) is 2.50. The first-order chi connectivity index (χ1) is 9.74. The van der Waals surface area contributed by atoms with Crippen molar-refractivity contribution >= 4 is 0 Å². The van der Waals surface area contributed by atoms with Crippen molar-refractivity contribution in [2.24, 2.45) is 5.92 Å². The lowest BCUT2D eigenvalue weighted by Crippen LogP contribution is -2.59. The lowest BCUT2D eigenvalue weighted by Gasteiger charge is -2.58. The highest BCUT2D eigenvalue weighted by Crippen LogP contribution is 2.55. The van der Waals surface area contributed by atoms with E-state index in [2.05, 4.69) is 30.1 Å². The van der Waals surface area contributed by atoms with Crippen LogP contribution >= 0.6 is 0 Å². The number of rotatable bonds is 1. The number of piperidine rings is 1. The van der Waals surface area contributed by atoms with E-state index < -0.39 is 0 Å². The summed E-state index contributed by atoms with van der Waals surface area (Å²) in [7, 11) is 4.12. The molecule has 0 radical (unpaired) electrons. The molecule has 0 spiro atoms. The van der Waals surface area contributed by atoms with E-state index in [1.165, 1.54) is 45.1 Å². The van der Waals surface area contributed by atoms with Gasteiger partial charge in [-0.05, 0) is 68.5 Å². The summed E-state index contributed by atoms with van der Waals surface area (Å²) in [6.45, 7) is 1.26. The highest BCUT2D eigenvalue weighted by Gasteiger charge is 2.53. The van der Waals surface area contributed by atoms with E-state index in [0.29, 0.717) is 5.41 Å². The van der Waals surface area contributed by atoms with Gasteiger partial charge in [0, 0.05) is 11.5 Å². The van der Waals surface area contributed by atoms with Crippen LogP contribution in [-0.2, 0) is 11.8 Å². The van der Waals surface area contributed by atoms with Gasteiger partial charge in [0.2, 0.25) is 0 Å². The van der Waals surface area contributed by atoms with Crippen molar-refractivity contribution in [3.63, 3.8) is 0 Å². The Morgan fingerprint density at radius 2 is 2.15 bits per heavy atom. The maximum Gasteiger partial charge on any atom is 0.119 e. The van der Waals surface area contributed by atoms with Crippen molar-refractivity contribution < 1.29 is 4.74 Å². The number of likely N-dealkylation sites (tertiary alicyclic amines) is 1. The van der Waals surface area contributed by atoms with E-state index in [0.717, 1.165) is 17.7 Å². The van der Waals surface area contributed by atoms with E-state index >= 15 is 0 Å². The Morgan fingerprint density at radius 3 is 3.00 bits per heavy atom. The number of likely N-dealkylation sites (N-methyl/N-ethyl adjacent to an activating group) is 1. The van der Waals surface area contributed by atoms with Gasteiger partial charge < -0.3 is 9.64 Å². The third-order valence-electron chi connectivity index (χ3n) is 6.32. The minimum absolute atomic E-state index is 0.456. The molecular formula is C18H25NO. The summed E-state index contributed by atoms with van der Waals surface area (Å²) < 4.78 is 5.51. The molecule has 2 bridgehead atoms. The quantitative estimate of drug-likeness (QED) is 0.776. The molecule has 0 aromatic heterocycles. The molecule has 20 heavy (non-hydrogen) atoms. The molecule has 1 aromatic carbocycles. The van der Waals surface area contributed by atoms with Crippen LogP contribution in [0.25, 0.3) is 0 Å². The molecule has 3 atom stereocenters. The molecule has 108 valence electrons. The zero-order valence-corrected chi connectivity index (χ0v) is 12.7. The largest absolute Gasteiger partial charge is 0.497 e. The maximum atomic E-state index is 5.51. The Morgan fingerprint density at radius 1 is 1.25 bits per heavy atom. The van der Waals surface area contributed by atoms with Crippen LogP contribution in [-0.4, -0.2) is 31.6 Å². The van der Waals surface area contributed by atoms with Gasteiger partial charge >= 0.3 is 0 Å². The summed E-state index contributed by atoms with van der Waals surface area (Å²) in [6, 6.07) is 7.60. The van der Waals surface area contributed by atoms with Crippen molar-refractivity contribution in [1.29, 1.82) is 0 Å². The molecule has 2 nitrogen and oxygen atoms in total. The predicted molar refractivity (Wildman–Crippen MR) is 81.4 cm³/mol. The minimum Gasteiger partial charge on any atom is -0.497 e. The zero-order chi connectivity index (χ0) is 13.7. The van der Waals surface area contributed by atoms with Crippen molar-refractivity contribution in [1.82, 2.24) is 4.90 Å². The third-order valence-corrected chi connectivity index (χ3v) is 6.32. The van der Waals surface area contributed by atoms with Crippen LogP contribution < -0.4 is 4.74 Å². The number of hydrogen-bond donors (Lipinski definition) is 0. The summed E-state index contributed by atoms with van der Waals surface area (Å²) in [6.07, 6.45) is 8.22. The van der Waals surface area contributed by atoms with Crippen LogP contribution in [0.2, 0.25) is 0 Å². The van der Waals surface area contributed by atoms with Crippen LogP contribution in [0.4, 0.5) is 0 Å². The molecule has 1 unspecified atom stereocenters. The van der Waals surface area contributed by atoms with Gasteiger partial charge in [0.15, 0.2) is 0 Å². The third kappa shape index (κ3) is 1.60. The van der Waals surface area contributed by atoms with Gasteiger partial charge in [-0.25, -0.2) is 0 Å². The average molecular weight is 271 g/mol. The Balaban J connectivity index is 1.88. The first-order valence-electron chi connectivity index (χ1n) is 8.12. The molecular weight excluding hydrogens is 246 g/mol. The van der Waals surface area contributed by atoms with E-state index in [9.17, 15) is 0 Å². The molecule has 0 N–H and O–H groups in total. The fourth-order valence-electron chi connectivity index (χ4n) is 5.30. The Bertz CT molecular complexity index is 526. The summed E-state index contributed by atoms with van der Waals surface area (Å²) >= 11 is 0. The van der Waals surface area contributed by atoms with Crippen molar-refractivity contribution in [3.8, 4) is 5.75 Å². The van der Waals surface area contributed by atoms with Crippen LogP contribution in [0.5, 0.6) is 5.75 Å². The molecule has 2 fully saturated rings. The molecule has 3 aliphatic rings. The number of nitrogens with zero attached hydrogens (tertiary/aromatic N) is 1. The first-order valence-corrected chi connectivity index (χ1v) is 8.12. The number of ether oxygens (including phenoxy) is 1. The highest BCUT2D eigenvalue weighted by atomic mass is 16.5. The van der Waals surface area contributed by atoms with Crippen molar-refractivity contribution in [3.05, 3.63) is 29.3 Å². The lowest BCUT2D eigenvalue weighted by atomic mass is 9.52. The topological polar surface area (TPSA) is 12.5 Å². The van der Waals surface area contributed by atoms with E-state index in [4.69, 9.17) is 4.74 Å². The predicted octanol–water partition coefficient (Wildman–Crippen LogP) is 3.38. The van der Waals surface area contributed by atoms with Crippen LogP contribution in [0.3, 0.4) is 0 Å². The highest BCUT2D eigenvalue weighted by molar-refractivity contribution is 5.45. The standard InChI is InChI=1S/C18H25NO/c1-19-10-9-18-8-4-3-5-15(18)17(19)11-13-6-7-14(20-2)12-16(13)18/h6-7,12,15,17H,3-5,8-11H2,1-2H3/t15-,17+,18?/m0/s1. The second-order valence-corrected chi connectivity index (χ2v) is 7.03. The summed E-state index contributed by atoms with van der Waals surface area (Å²) in [5.74, 6) is 1.91. The fourth-order valence-corrected chi connectivity index (χ4v) is 5.30. The molecule has 1 heterocycles. The smallest absolute Gasteiger partial charge is 0.119 e. The number of methoxy groups -OCH3 is 1. The van der Waals surface area contributed by atoms with Gasteiger partial charge in [0.25, 0.3) is 0 Å². The maximum absolute atomic E-state index is 5.51. The number of benzene rings is 1. The molecule has 2 aliphatic carbocycles. The van der Waals surface area contributed by atoms with Gasteiger partial charge in [0.05, 0.1) is 7.11 Å². The normalized spacial score (nSPS) is 36.1. The van der Waals surface area contributed by atoms with Crippen LogP contribution in [0.15, 0.2) is 18.2 Å². The van der Waals surface area contributed by atoms with Crippen molar-refractivity contribution in [2.75, 3.05) is 20.7 Å². The zero-order valence-electron chi connectivity index (χ0n) is 12.7. The van der Waals surface area contributed by atoms with Gasteiger partial charge in [-0.1, -0.05) is 18.9 Å². The van der Waals surface area contributed by atoms with Gasteiger partial charge in [-0.15, -0.1) is 0 Å². The van der Waals surface area contributed by atoms with Crippen LogP contribution in [0, 0.1) is 5.92 Å². The molecule has 1 aromatic rings. The van der Waals surface area contributed by atoms with E-state index in [1.54, 1.807) is 18.2 Å². The summed E-state index contributed by atoms with van der Waals surface area (Å²) in [4.78, 5) is 2.63. The van der Waals surface area contributed by atoms with Gasteiger partial charge in [-0.3, -0.25) is 0 Å². The number of fused-ring (bicyclic) bond motifs is 1. The fraction of sp³-hybridized carbons (Fsp3) is 0.667. The summed E-state index contributed by atoms with van der Waals surface area (Å²) in [5, 5.41) is 0. The molecule has 4 rings (SSSR count).